The Kier molecular flexibility index (Phi) is 4.70. The summed E-state index contributed by atoms with van der Waals surface area (Å²) in [5.41, 5.74) is -0.341. The van der Waals surface area contributed by atoms with Crippen LogP contribution in [0, 0.1) is 0 Å². The van der Waals surface area contributed by atoms with Crippen molar-refractivity contribution in [2.45, 2.75) is 31.5 Å². The highest BCUT2D eigenvalue weighted by atomic mass is 79.9. The van der Waals surface area contributed by atoms with E-state index in [1.54, 1.807) is 19.3 Å². The lowest BCUT2D eigenvalue weighted by atomic mass is 9.92. The summed E-state index contributed by atoms with van der Waals surface area (Å²) >= 11 is 3.35. The molecule has 1 saturated heterocycles. The molecule has 2 unspecified atom stereocenters. The molecule has 1 N–H and O–H groups in total. The smallest absolute Gasteiger partial charge is 0.113 e. The molecule has 2 heterocycles. The maximum atomic E-state index is 14.6. The van der Waals surface area contributed by atoms with E-state index in [-0.39, 0.29) is 6.04 Å². The van der Waals surface area contributed by atoms with Crippen LogP contribution in [0.2, 0.25) is 0 Å². The molecule has 0 bridgehead atoms. The Hall–Kier alpha value is -0.520. The summed E-state index contributed by atoms with van der Waals surface area (Å²) in [7, 11) is 0. The first-order valence-corrected chi connectivity index (χ1v) is 6.94. The van der Waals surface area contributed by atoms with Gasteiger partial charge in [-0.3, -0.25) is 4.98 Å². The Balaban J connectivity index is 1.93. The van der Waals surface area contributed by atoms with E-state index in [2.05, 4.69) is 26.2 Å². The number of rotatable bonds is 4. The fraction of sp³-hybridized carbons (Fsp3) is 0.615. The zero-order chi connectivity index (χ0) is 13.0. The minimum absolute atomic E-state index is 0.105. The van der Waals surface area contributed by atoms with Crippen LogP contribution < -0.4 is 5.32 Å². The molecule has 100 valence electrons. The molecule has 1 aromatic heterocycles. The maximum Gasteiger partial charge on any atom is 0.113 e. The van der Waals surface area contributed by atoms with Crippen LogP contribution in [0.3, 0.4) is 0 Å². The molecule has 2 rings (SSSR count). The lowest BCUT2D eigenvalue weighted by molar-refractivity contribution is 0.0483. The highest BCUT2D eigenvalue weighted by Crippen LogP contribution is 2.24. The number of hydrogen-bond donors (Lipinski definition) is 1. The quantitative estimate of drug-likeness (QED) is 0.926. The third-order valence-corrected chi connectivity index (χ3v) is 3.44. The number of alkyl halides is 1. The van der Waals surface area contributed by atoms with Crippen molar-refractivity contribution in [3.63, 3.8) is 0 Å². The van der Waals surface area contributed by atoms with E-state index in [1.807, 2.05) is 6.07 Å². The highest BCUT2D eigenvalue weighted by Gasteiger charge is 2.29. The van der Waals surface area contributed by atoms with Crippen LogP contribution >= 0.6 is 15.9 Å². The molecule has 0 aliphatic carbocycles. The Labute approximate surface area is 115 Å². The first-order valence-electron chi connectivity index (χ1n) is 6.15. The van der Waals surface area contributed by atoms with E-state index < -0.39 is 5.67 Å². The Morgan fingerprint density at radius 3 is 3.11 bits per heavy atom. The summed E-state index contributed by atoms with van der Waals surface area (Å²) in [6.07, 6.45) is 4.25. The molecule has 1 aliphatic rings. The molecule has 5 heteroatoms. The second-order valence-electron chi connectivity index (χ2n) is 5.03. The second-order valence-corrected chi connectivity index (χ2v) is 5.95. The highest BCUT2D eigenvalue weighted by molar-refractivity contribution is 9.10. The van der Waals surface area contributed by atoms with Crippen LogP contribution in [0.25, 0.3) is 0 Å². The zero-order valence-corrected chi connectivity index (χ0v) is 12.0. The monoisotopic (exact) mass is 316 g/mol. The van der Waals surface area contributed by atoms with Crippen molar-refractivity contribution in [1.29, 1.82) is 0 Å². The summed E-state index contributed by atoms with van der Waals surface area (Å²) in [5.74, 6) is 0. The molecule has 0 saturated carbocycles. The van der Waals surface area contributed by atoms with Gasteiger partial charge in [0.1, 0.15) is 5.67 Å². The van der Waals surface area contributed by atoms with Crippen molar-refractivity contribution in [3.05, 3.63) is 28.5 Å². The van der Waals surface area contributed by atoms with Gasteiger partial charge >= 0.3 is 0 Å². The molecule has 0 spiro atoms. The van der Waals surface area contributed by atoms with Gasteiger partial charge in [-0.2, -0.15) is 0 Å². The average Bonchev–Trinajstić information content (AvgIpc) is 2.28. The van der Waals surface area contributed by atoms with Crippen molar-refractivity contribution in [2.75, 3.05) is 19.8 Å². The van der Waals surface area contributed by atoms with Crippen LogP contribution in [0.15, 0.2) is 22.9 Å². The third-order valence-electron chi connectivity index (χ3n) is 3.00. The van der Waals surface area contributed by atoms with Crippen molar-refractivity contribution in [2.24, 2.45) is 0 Å². The fourth-order valence-corrected chi connectivity index (χ4v) is 2.73. The first kappa shape index (κ1) is 13.9. The maximum absolute atomic E-state index is 14.6. The minimum atomic E-state index is -1.25. The number of ether oxygens (including phenoxy) is 1. The number of nitrogens with zero attached hydrogens (tertiary/aromatic N) is 1. The topological polar surface area (TPSA) is 34.1 Å². The van der Waals surface area contributed by atoms with Gasteiger partial charge in [0, 0.05) is 35.9 Å². The number of aromatic nitrogens is 1. The van der Waals surface area contributed by atoms with Crippen LogP contribution in [0.1, 0.15) is 18.9 Å². The van der Waals surface area contributed by atoms with Gasteiger partial charge in [-0.05, 0) is 40.9 Å². The van der Waals surface area contributed by atoms with E-state index in [4.69, 9.17) is 4.74 Å². The van der Waals surface area contributed by atoms with Crippen LogP contribution in [-0.2, 0) is 11.2 Å². The summed E-state index contributed by atoms with van der Waals surface area (Å²) < 4.78 is 20.8. The van der Waals surface area contributed by atoms with E-state index in [1.165, 1.54) is 0 Å². The van der Waals surface area contributed by atoms with Crippen LogP contribution in [-0.4, -0.2) is 36.5 Å². The normalized spacial score (nSPS) is 23.6. The Morgan fingerprint density at radius 2 is 2.44 bits per heavy atom. The zero-order valence-electron chi connectivity index (χ0n) is 10.5. The number of nitrogens with one attached hydrogen (secondary N) is 1. The van der Waals surface area contributed by atoms with Gasteiger partial charge < -0.3 is 10.1 Å². The van der Waals surface area contributed by atoms with Crippen LogP contribution in [0.5, 0.6) is 0 Å². The van der Waals surface area contributed by atoms with E-state index in [9.17, 15) is 4.39 Å². The predicted octanol–water partition coefficient (Wildman–Crippen LogP) is 2.49. The predicted molar refractivity (Wildman–Crippen MR) is 72.4 cm³/mol. The van der Waals surface area contributed by atoms with Gasteiger partial charge in [-0.25, -0.2) is 4.39 Å². The molecule has 2 atom stereocenters. The van der Waals surface area contributed by atoms with Gasteiger partial charge in [0.15, 0.2) is 0 Å². The summed E-state index contributed by atoms with van der Waals surface area (Å²) in [6, 6.07) is 2.02. The Bertz CT molecular complexity index is 394. The SMILES string of the molecule is CC(F)(Cc1cncc(Br)c1)CC1COCCN1. The van der Waals surface area contributed by atoms with E-state index in [0.29, 0.717) is 19.4 Å². The van der Waals surface area contributed by atoms with Gasteiger partial charge in [0.25, 0.3) is 0 Å². The molecule has 0 radical (unpaired) electrons. The van der Waals surface area contributed by atoms with E-state index in [0.717, 1.165) is 23.2 Å². The molecule has 1 fully saturated rings. The summed E-state index contributed by atoms with van der Waals surface area (Å²) in [4.78, 5) is 4.06. The fourth-order valence-electron chi connectivity index (χ4n) is 2.31. The van der Waals surface area contributed by atoms with Crippen LogP contribution in [0.4, 0.5) is 4.39 Å². The Morgan fingerprint density at radius 1 is 1.61 bits per heavy atom. The van der Waals surface area contributed by atoms with Gasteiger partial charge in [0.05, 0.1) is 13.2 Å². The summed E-state index contributed by atoms with van der Waals surface area (Å²) in [6.45, 7) is 3.76. The molecular weight excluding hydrogens is 299 g/mol. The van der Waals surface area contributed by atoms with Crippen molar-refractivity contribution in [1.82, 2.24) is 10.3 Å². The number of pyridine rings is 1. The van der Waals surface area contributed by atoms with Crippen molar-refractivity contribution in [3.8, 4) is 0 Å². The largest absolute Gasteiger partial charge is 0.379 e. The van der Waals surface area contributed by atoms with E-state index >= 15 is 0 Å². The standard InChI is InChI=1S/C13H18BrFN2O/c1-13(15,6-12-9-18-3-2-17-12)5-10-4-11(14)8-16-7-10/h4,7-8,12,17H,2-3,5-6,9H2,1H3. The molecule has 1 aromatic rings. The second kappa shape index (κ2) is 6.08. The number of halogens is 2. The van der Waals surface area contributed by atoms with Gasteiger partial charge in [0.2, 0.25) is 0 Å². The van der Waals surface area contributed by atoms with Crippen molar-refractivity contribution >= 4 is 15.9 Å². The molecule has 18 heavy (non-hydrogen) atoms. The number of hydrogen-bond acceptors (Lipinski definition) is 3. The summed E-state index contributed by atoms with van der Waals surface area (Å²) in [5, 5.41) is 3.28. The van der Waals surface area contributed by atoms with Gasteiger partial charge in [-0.15, -0.1) is 0 Å². The first-order chi connectivity index (χ1) is 8.55. The molecular formula is C13H18BrFN2O. The molecule has 3 nitrogen and oxygen atoms in total. The van der Waals surface area contributed by atoms with Crippen molar-refractivity contribution < 1.29 is 9.13 Å². The van der Waals surface area contributed by atoms with Gasteiger partial charge in [-0.1, -0.05) is 0 Å². The lowest BCUT2D eigenvalue weighted by Crippen LogP contribution is -2.45. The lowest BCUT2D eigenvalue weighted by Gasteiger charge is -2.30. The minimum Gasteiger partial charge on any atom is -0.379 e. The molecule has 0 aromatic carbocycles. The molecule has 0 amide bonds. The number of morpholine rings is 1. The third kappa shape index (κ3) is 4.30. The molecule has 1 aliphatic heterocycles. The average molecular weight is 317 g/mol.